The second kappa shape index (κ2) is 10.6. The summed E-state index contributed by atoms with van der Waals surface area (Å²) in [6.45, 7) is 3.68. The van der Waals surface area contributed by atoms with E-state index in [0.29, 0.717) is 12.0 Å². The molecule has 0 heterocycles. The Hall–Kier alpha value is -2.52. The molecule has 1 aromatic carbocycles. The van der Waals surface area contributed by atoms with E-state index < -0.39 is 35.0 Å². The van der Waals surface area contributed by atoms with Crippen molar-refractivity contribution in [1.82, 2.24) is 5.32 Å². The molecule has 9 nitrogen and oxygen atoms in total. The van der Waals surface area contributed by atoms with E-state index in [1.54, 1.807) is 25.1 Å². The minimum atomic E-state index is -1.22. The molecule has 0 aliphatic rings. The molecule has 1 aromatic rings. The quantitative estimate of drug-likeness (QED) is 0.310. The Morgan fingerprint density at radius 1 is 1.37 bits per heavy atom. The Labute approximate surface area is 158 Å². The number of nitrogens with zero attached hydrogens (tertiary/aromatic N) is 1. The number of nitrogens with two attached hydrogens (primary N) is 1. The highest BCUT2D eigenvalue weighted by molar-refractivity contribution is 5.84. The van der Waals surface area contributed by atoms with Crippen molar-refractivity contribution in [3.05, 3.63) is 39.9 Å². The van der Waals surface area contributed by atoms with Crippen LogP contribution in [0.1, 0.15) is 32.3 Å². The molecule has 0 bridgehead atoms. The zero-order valence-electron chi connectivity index (χ0n) is 15.8. The van der Waals surface area contributed by atoms with Crippen molar-refractivity contribution in [2.45, 2.75) is 51.3 Å². The van der Waals surface area contributed by atoms with E-state index in [9.17, 15) is 24.8 Å². The molecule has 0 radical (unpaired) electrons. The lowest BCUT2D eigenvalue weighted by Crippen LogP contribution is -2.48. The van der Waals surface area contributed by atoms with Crippen molar-refractivity contribution in [1.29, 1.82) is 0 Å². The molecule has 1 amide bonds. The average Bonchev–Trinajstić information content (AvgIpc) is 2.64. The van der Waals surface area contributed by atoms with Gasteiger partial charge in [-0.25, -0.2) is 4.79 Å². The van der Waals surface area contributed by atoms with Gasteiger partial charge in [-0.2, -0.15) is 0 Å². The van der Waals surface area contributed by atoms with Crippen LogP contribution in [0.2, 0.25) is 0 Å². The molecule has 0 aromatic heterocycles. The van der Waals surface area contributed by atoms with Gasteiger partial charge in [0.2, 0.25) is 5.91 Å². The van der Waals surface area contributed by atoms with Gasteiger partial charge in [0, 0.05) is 17.7 Å². The second-order valence-corrected chi connectivity index (χ2v) is 6.48. The molecule has 27 heavy (non-hydrogen) atoms. The molecule has 2 unspecified atom stereocenters. The van der Waals surface area contributed by atoms with E-state index in [4.69, 9.17) is 10.5 Å². The molecule has 4 N–H and O–H groups in total. The number of esters is 1. The molecule has 9 heteroatoms. The zero-order chi connectivity index (χ0) is 20.6. The number of hydrogen-bond donors (Lipinski definition) is 3. The van der Waals surface area contributed by atoms with E-state index in [2.05, 4.69) is 5.32 Å². The summed E-state index contributed by atoms with van der Waals surface area (Å²) in [4.78, 5) is 34.5. The maximum absolute atomic E-state index is 12.2. The van der Waals surface area contributed by atoms with E-state index >= 15 is 0 Å². The van der Waals surface area contributed by atoms with Crippen LogP contribution in [0.25, 0.3) is 0 Å². The SMILES string of the molecule is CCC(C)[C@H](NC(=O)CC(O)[C@@H](N)Cc1ccccc1[N+](=O)[O-])C(=O)OC. The van der Waals surface area contributed by atoms with Gasteiger partial charge in [0.1, 0.15) is 6.04 Å². The van der Waals surface area contributed by atoms with E-state index in [1.165, 1.54) is 13.2 Å². The number of benzene rings is 1. The number of para-hydroxylation sites is 1. The van der Waals surface area contributed by atoms with Crippen LogP contribution in [-0.4, -0.2) is 47.2 Å². The van der Waals surface area contributed by atoms with Gasteiger partial charge in [-0.05, 0) is 12.3 Å². The normalized spacial score (nSPS) is 15.3. The predicted molar refractivity (Wildman–Crippen MR) is 98.8 cm³/mol. The molecule has 0 saturated heterocycles. The van der Waals surface area contributed by atoms with Crippen LogP contribution in [0.5, 0.6) is 0 Å². The Bertz CT molecular complexity index is 666. The largest absolute Gasteiger partial charge is 0.467 e. The highest BCUT2D eigenvalue weighted by Crippen LogP contribution is 2.20. The lowest BCUT2D eigenvalue weighted by molar-refractivity contribution is -0.385. The topological polar surface area (TPSA) is 145 Å². The summed E-state index contributed by atoms with van der Waals surface area (Å²) in [7, 11) is 1.24. The first-order chi connectivity index (χ1) is 12.7. The minimum absolute atomic E-state index is 0.0391. The van der Waals surface area contributed by atoms with Crippen molar-refractivity contribution in [3.8, 4) is 0 Å². The average molecular weight is 381 g/mol. The molecule has 0 aliphatic carbocycles. The van der Waals surface area contributed by atoms with Crippen LogP contribution >= 0.6 is 0 Å². The summed E-state index contributed by atoms with van der Waals surface area (Å²) in [6, 6.07) is 4.40. The zero-order valence-corrected chi connectivity index (χ0v) is 15.8. The fourth-order valence-electron chi connectivity index (χ4n) is 2.62. The maximum Gasteiger partial charge on any atom is 0.328 e. The van der Waals surface area contributed by atoms with Gasteiger partial charge in [0.25, 0.3) is 5.69 Å². The molecule has 1 rings (SSSR count). The van der Waals surface area contributed by atoms with Crippen LogP contribution < -0.4 is 11.1 Å². The summed E-state index contributed by atoms with van der Waals surface area (Å²) in [5.74, 6) is -1.24. The van der Waals surface area contributed by atoms with Gasteiger partial charge in [-0.3, -0.25) is 14.9 Å². The highest BCUT2D eigenvalue weighted by atomic mass is 16.6. The third kappa shape index (κ3) is 6.61. The number of carbonyl (C=O) groups is 2. The minimum Gasteiger partial charge on any atom is -0.467 e. The van der Waals surface area contributed by atoms with Crippen molar-refractivity contribution >= 4 is 17.6 Å². The summed E-state index contributed by atoms with van der Waals surface area (Å²) in [5, 5.41) is 23.8. The summed E-state index contributed by atoms with van der Waals surface area (Å²) in [5.41, 5.74) is 6.21. The molecule has 0 spiro atoms. The van der Waals surface area contributed by atoms with Crippen LogP contribution in [0.15, 0.2) is 24.3 Å². The molecule has 4 atom stereocenters. The van der Waals surface area contributed by atoms with E-state index in [1.807, 2.05) is 6.92 Å². The number of aliphatic hydroxyl groups is 1. The molecule has 0 fully saturated rings. The molecule has 0 saturated carbocycles. The Morgan fingerprint density at radius 3 is 2.56 bits per heavy atom. The fraction of sp³-hybridized carbons (Fsp3) is 0.556. The van der Waals surface area contributed by atoms with Gasteiger partial charge in [-0.15, -0.1) is 0 Å². The van der Waals surface area contributed by atoms with Crippen LogP contribution in [0.3, 0.4) is 0 Å². The number of carbonyl (C=O) groups excluding carboxylic acids is 2. The first-order valence-corrected chi connectivity index (χ1v) is 8.74. The third-order valence-electron chi connectivity index (χ3n) is 4.52. The van der Waals surface area contributed by atoms with Crippen molar-refractivity contribution in [2.24, 2.45) is 11.7 Å². The number of methoxy groups -OCH3 is 1. The standard InChI is InChI=1S/C18H27N3O6/c1-4-11(2)17(18(24)27-3)20-16(23)10-15(22)13(19)9-12-7-5-6-8-14(12)21(25)26/h5-8,11,13,15,17,22H,4,9-10,19H2,1-3H3,(H,20,23)/t11?,13-,15?,17-/m0/s1. The molecular formula is C18H27N3O6. The molecular weight excluding hydrogens is 354 g/mol. The smallest absolute Gasteiger partial charge is 0.328 e. The highest BCUT2D eigenvalue weighted by Gasteiger charge is 2.28. The number of rotatable bonds is 10. The predicted octanol–water partition coefficient (Wildman–Crippen LogP) is 0.920. The third-order valence-corrected chi connectivity index (χ3v) is 4.52. The van der Waals surface area contributed by atoms with Crippen LogP contribution in [0.4, 0.5) is 5.69 Å². The Kier molecular flexibility index (Phi) is 8.83. The van der Waals surface area contributed by atoms with Crippen molar-refractivity contribution < 1.29 is 24.4 Å². The number of hydrogen-bond acceptors (Lipinski definition) is 7. The fourth-order valence-corrected chi connectivity index (χ4v) is 2.62. The van der Waals surface area contributed by atoms with Crippen molar-refractivity contribution in [2.75, 3.05) is 7.11 Å². The Balaban J connectivity index is 2.71. The maximum atomic E-state index is 12.2. The number of nitrogens with one attached hydrogen (secondary N) is 1. The lowest BCUT2D eigenvalue weighted by atomic mass is 9.97. The number of nitro benzene ring substituents is 1. The lowest BCUT2D eigenvalue weighted by Gasteiger charge is -2.23. The summed E-state index contributed by atoms with van der Waals surface area (Å²) < 4.78 is 4.70. The van der Waals surface area contributed by atoms with Crippen molar-refractivity contribution in [3.63, 3.8) is 0 Å². The van der Waals surface area contributed by atoms with Crippen LogP contribution in [-0.2, 0) is 20.7 Å². The van der Waals surface area contributed by atoms with Gasteiger partial charge >= 0.3 is 5.97 Å². The number of amides is 1. The van der Waals surface area contributed by atoms with Gasteiger partial charge < -0.3 is 20.9 Å². The molecule has 150 valence electrons. The Morgan fingerprint density at radius 2 is 2.00 bits per heavy atom. The van der Waals surface area contributed by atoms with Crippen LogP contribution in [0, 0.1) is 16.0 Å². The first-order valence-electron chi connectivity index (χ1n) is 8.74. The number of ether oxygens (including phenoxy) is 1. The van der Waals surface area contributed by atoms with Gasteiger partial charge in [0.05, 0.1) is 24.6 Å². The first kappa shape index (κ1) is 22.5. The number of nitro groups is 1. The summed E-state index contributed by atoms with van der Waals surface area (Å²) >= 11 is 0. The van der Waals surface area contributed by atoms with E-state index in [0.717, 1.165) is 0 Å². The second-order valence-electron chi connectivity index (χ2n) is 6.48. The van der Waals surface area contributed by atoms with Gasteiger partial charge in [-0.1, -0.05) is 38.5 Å². The number of aliphatic hydroxyl groups excluding tert-OH is 1. The van der Waals surface area contributed by atoms with Gasteiger partial charge in [0.15, 0.2) is 0 Å². The van der Waals surface area contributed by atoms with E-state index in [-0.39, 0.29) is 24.4 Å². The monoisotopic (exact) mass is 381 g/mol. The molecule has 0 aliphatic heterocycles. The summed E-state index contributed by atoms with van der Waals surface area (Å²) in [6.07, 6.45) is -0.858.